The Kier molecular flexibility index (Phi) is 4.98. The smallest absolute Gasteiger partial charge is 0.338 e. The van der Waals surface area contributed by atoms with Crippen molar-refractivity contribution >= 4 is 11.8 Å². The van der Waals surface area contributed by atoms with Crippen LogP contribution in [0, 0.1) is 0 Å². The summed E-state index contributed by atoms with van der Waals surface area (Å²) in [5.41, 5.74) is 8.35. The Morgan fingerprint density at radius 3 is 2.62 bits per heavy atom. The van der Waals surface area contributed by atoms with Gasteiger partial charge < -0.3 is 10.5 Å². The minimum absolute atomic E-state index is 0.318. The molecule has 0 saturated heterocycles. The van der Waals surface area contributed by atoms with E-state index in [1.807, 2.05) is 18.2 Å². The molecule has 0 bridgehead atoms. The van der Waals surface area contributed by atoms with E-state index in [1.54, 1.807) is 23.7 Å². The summed E-state index contributed by atoms with van der Waals surface area (Å²) in [6, 6.07) is 8.98. The van der Waals surface area contributed by atoms with E-state index in [0.29, 0.717) is 18.0 Å². The molecule has 5 nitrogen and oxygen atoms in total. The molecule has 0 saturated carbocycles. The summed E-state index contributed by atoms with van der Waals surface area (Å²) in [4.78, 5) is 11.6. The largest absolute Gasteiger partial charge is 0.462 e. The van der Waals surface area contributed by atoms with Crippen LogP contribution in [0.5, 0.6) is 0 Å². The monoisotopic (exact) mass is 287 g/mol. The molecule has 0 unspecified atom stereocenters. The Morgan fingerprint density at radius 2 is 2.00 bits per heavy atom. The number of aromatic nitrogens is 2. The summed E-state index contributed by atoms with van der Waals surface area (Å²) in [7, 11) is 0. The van der Waals surface area contributed by atoms with Crippen molar-refractivity contribution in [1.29, 1.82) is 0 Å². The van der Waals surface area contributed by atoms with Crippen LogP contribution in [0.4, 0.5) is 5.82 Å². The molecule has 1 aromatic carbocycles. The highest BCUT2D eigenvalue weighted by Crippen LogP contribution is 2.17. The van der Waals surface area contributed by atoms with Crippen LogP contribution in [0.3, 0.4) is 0 Å². The van der Waals surface area contributed by atoms with Crippen molar-refractivity contribution in [2.45, 2.75) is 33.1 Å². The fourth-order valence-corrected chi connectivity index (χ4v) is 2.09. The van der Waals surface area contributed by atoms with Crippen LogP contribution in [0.2, 0.25) is 0 Å². The van der Waals surface area contributed by atoms with E-state index >= 15 is 0 Å². The minimum atomic E-state index is -0.318. The van der Waals surface area contributed by atoms with E-state index < -0.39 is 0 Å². The number of aryl methyl sites for hydroxylation is 1. The lowest BCUT2D eigenvalue weighted by molar-refractivity contribution is 0.0526. The Hall–Kier alpha value is -2.30. The van der Waals surface area contributed by atoms with Crippen molar-refractivity contribution in [3.8, 4) is 5.69 Å². The van der Waals surface area contributed by atoms with Crippen LogP contribution >= 0.6 is 0 Å². The number of anilines is 1. The zero-order valence-electron chi connectivity index (χ0n) is 12.5. The van der Waals surface area contributed by atoms with E-state index in [-0.39, 0.29) is 5.97 Å². The van der Waals surface area contributed by atoms with Gasteiger partial charge in [0.2, 0.25) is 0 Å². The number of unbranched alkanes of at least 4 members (excludes halogenated alkanes) is 1. The van der Waals surface area contributed by atoms with Crippen molar-refractivity contribution in [1.82, 2.24) is 9.78 Å². The topological polar surface area (TPSA) is 70.1 Å². The molecule has 2 aromatic rings. The van der Waals surface area contributed by atoms with Gasteiger partial charge in [-0.15, -0.1) is 0 Å². The number of benzene rings is 1. The first kappa shape index (κ1) is 15.1. The number of carbonyl (C=O) groups is 1. The molecule has 0 amide bonds. The molecule has 5 heteroatoms. The second-order valence-electron chi connectivity index (χ2n) is 4.84. The zero-order valence-corrected chi connectivity index (χ0v) is 12.5. The SMILES string of the molecule is CCCCc1cc(N)n(-c2ccc(C(=O)OCC)cc2)n1. The summed E-state index contributed by atoms with van der Waals surface area (Å²) in [6.45, 7) is 4.30. The van der Waals surface area contributed by atoms with Crippen molar-refractivity contribution < 1.29 is 9.53 Å². The van der Waals surface area contributed by atoms with Gasteiger partial charge in [-0.3, -0.25) is 0 Å². The molecule has 21 heavy (non-hydrogen) atoms. The van der Waals surface area contributed by atoms with Crippen LogP contribution in [0.1, 0.15) is 42.7 Å². The molecule has 0 aliphatic rings. The standard InChI is InChI=1S/C16H21N3O2/c1-3-5-6-13-11-15(17)19(18-13)14-9-7-12(8-10-14)16(20)21-4-2/h7-11H,3-6,17H2,1-2H3. The van der Waals surface area contributed by atoms with E-state index in [1.165, 1.54) is 0 Å². The predicted molar refractivity (Wildman–Crippen MR) is 82.5 cm³/mol. The third-order valence-corrected chi connectivity index (χ3v) is 3.20. The molecule has 1 heterocycles. The second-order valence-corrected chi connectivity index (χ2v) is 4.84. The van der Waals surface area contributed by atoms with Crippen LogP contribution in [0.15, 0.2) is 30.3 Å². The van der Waals surface area contributed by atoms with Gasteiger partial charge in [0.05, 0.1) is 23.6 Å². The van der Waals surface area contributed by atoms with Gasteiger partial charge in [0.1, 0.15) is 5.82 Å². The van der Waals surface area contributed by atoms with Gasteiger partial charge in [-0.2, -0.15) is 5.10 Å². The Bertz CT molecular complexity index is 602. The lowest BCUT2D eigenvalue weighted by atomic mass is 10.2. The molecule has 0 radical (unpaired) electrons. The molecule has 0 fully saturated rings. The molecule has 1 aromatic heterocycles. The number of nitrogens with zero attached hydrogens (tertiary/aromatic N) is 2. The lowest BCUT2D eigenvalue weighted by Gasteiger charge is -2.05. The maximum absolute atomic E-state index is 11.6. The number of esters is 1. The molecule has 0 aliphatic carbocycles. The fraction of sp³-hybridized carbons (Fsp3) is 0.375. The molecular formula is C16H21N3O2. The Labute approximate surface area is 124 Å². The van der Waals surface area contributed by atoms with Gasteiger partial charge in [-0.25, -0.2) is 9.48 Å². The number of ether oxygens (including phenoxy) is 1. The Balaban J connectivity index is 2.18. The number of hydrogen-bond acceptors (Lipinski definition) is 4. The quantitative estimate of drug-likeness (QED) is 0.829. The minimum Gasteiger partial charge on any atom is -0.462 e. The average molecular weight is 287 g/mol. The van der Waals surface area contributed by atoms with Crippen molar-refractivity contribution in [3.05, 3.63) is 41.6 Å². The van der Waals surface area contributed by atoms with Crippen molar-refractivity contribution in [2.75, 3.05) is 12.3 Å². The van der Waals surface area contributed by atoms with Crippen molar-refractivity contribution in [3.63, 3.8) is 0 Å². The number of hydrogen-bond donors (Lipinski definition) is 1. The maximum Gasteiger partial charge on any atom is 0.338 e. The third kappa shape index (κ3) is 3.62. The molecule has 0 aliphatic heterocycles. The molecule has 0 atom stereocenters. The van der Waals surface area contributed by atoms with Gasteiger partial charge >= 0.3 is 5.97 Å². The first-order chi connectivity index (χ1) is 10.2. The first-order valence-corrected chi connectivity index (χ1v) is 7.27. The van der Waals surface area contributed by atoms with E-state index in [9.17, 15) is 4.79 Å². The molecule has 112 valence electrons. The Morgan fingerprint density at radius 1 is 1.29 bits per heavy atom. The zero-order chi connectivity index (χ0) is 15.2. The predicted octanol–water partition coefficient (Wildman–Crippen LogP) is 2.97. The second kappa shape index (κ2) is 6.92. The van der Waals surface area contributed by atoms with Crippen molar-refractivity contribution in [2.24, 2.45) is 0 Å². The first-order valence-electron chi connectivity index (χ1n) is 7.27. The summed E-state index contributed by atoms with van der Waals surface area (Å²) in [6.07, 6.45) is 3.15. The normalized spacial score (nSPS) is 10.6. The highest BCUT2D eigenvalue weighted by molar-refractivity contribution is 5.89. The summed E-state index contributed by atoms with van der Waals surface area (Å²) >= 11 is 0. The number of carbonyl (C=O) groups excluding carboxylic acids is 1. The summed E-state index contributed by atoms with van der Waals surface area (Å²) in [5, 5.41) is 4.50. The molecule has 0 spiro atoms. The van der Waals surface area contributed by atoms with E-state index in [4.69, 9.17) is 10.5 Å². The van der Waals surface area contributed by atoms with Crippen LogP contribution in [-0.2, 0) is 11.2 Å². The molecule has 2 rings (SSSR count). The highest BCUT2D eigenvalue weighted by atomic mass is 16.5. The lowest BCUT2D eigenvalue weighted by Crippen LogP contribution is -2.06. The molecular weight excluding hydrogens is 266 g/mol. The molecule has 2 N–H and O–H groups in total. The summed E-state index contributed by atoms with van der Waals surface area (Å²) < 4.78 is 6.65. The number of nitrogens with two attached hydrogens (primary N) is 1. The third-order valence-electron chi connectivity index (χ3n) is 3.20. The van der Waals surface area contributed by atoms with E-state index in [2.05, 4.69) is 12.0 Å². The average Bonchev–Trinajstić information content (AvgIpc) is 2.86. The van der Waals surface area contributed by atoms with Gasteiger partial charge in [0.15, 0.2) is 0 Å². The van der Waals surface area contributed by atoms with Gasteiger partial charge in [-0.1, -0.05) is 13.3 Å². The van der Waals surface area contributed by atoms with Gasteiger partial charge in [0, 0.05) is 6.07 Å². The van der Waals surface area contributed by atoms with E-state index in [0.717, 1.165) is 30.6 Å². The highest BCUT2D eigenvalue weighted by Gasteiger charge is 2.09. The van der Waals surface area contributed by atoms with Crippen LogP contribution < -0.4 is 5.73 Å². The number of rotatable bonds is 6. The summed E-state index contributed by atoms with van der Waals surface area (Å²) in [5.74, 6) is 0.283. The van der Waals surface area contributed by atoms with Gasteiger partial charge in [0.25, 0.3) is 0 Å². The number of nitrogen functional groups attached to an aromatic ring is 1. The van der Waals surface area contributed by atoms with Crippen LogP contribution in [0.25, 0.3) is 5.69 Å². The van der Waals surface area contributed by atoms with Gasteiger partial charge in [-0.05, 0) is 44.0 Å². The maximum atomic E-state index is 11.6. The fourth-order valence-electron chi connectivity index (χ4n) is 2.09. The van der Waals surface area contributed by atoms with Crippen LogP contribution in [-0.4, -0.2) is 22.4 Å².